The number of β-amino-alcohol motifs (C(OH)–C–C–N with tert-alkyl or cyclic N) is 1. The number of hydrogen-bond acceptors (Lipinski definition) is 21. The number of nitrogens with one attached hydrogen (secondary N) is 4. The molecule has 5 N–H and O–H groups in total. The number of aliphatic hydroxyl groups excluding tert-OH is 1. The van der Waals surface area contributed by atoms with E-state index in [4.69, 9.17) is 14.6 Å². The summed E-state index contributed by atoms with van der Waals surface area (Å²) in [6.07, 6.45) is 5.49. The number of nitrogens with zero attached hydrogens (tertiary/aromatic N) is 10. The van der Waals surface area contributed by atoms with Gasteiger partial charge in [0.15, 0.2) is 10.9 Å². The van der Waals surface area contributed by atoms with Gasteiger partial charge in [0, 0.05) is 74.7 Å². The Balaban J connectivity index is 0.695. The lowest BCUT2D eigenvalue weighted by Crippen LogP contribution is -2.61. The molecule has 3 aromatic carbocycles. The van der Waals surface area contributed by atoms with Crippen LogP contribution < -0.4 is 25.6 Å². The third kappa shape index (κ3) is 15.8. The number of morpholine rings is 1. The molecule has 13 rings (SSSR count). The largest absolute Gasteiger partial charge is 0.391 e. The van der Waals surface area contributed by atoms with Crippen molar-refractivity contribution in [3.63, 3.8) is 0 Å². The zero-order chi connectivity index (χ0) is 73.1. The fourth-order valence-electron chi connectivity index (χ4n) is 16.9. The zero-order valence-corrected chi connectivity index (χ0v) is 62.8. The molecule has 3 unspecified atom stereocenters. The first-order chi connectivity index (χ1) is 48.8. The van der Waals surface area contributed by atoms with E-state index in [0.29, 0.717) is 46.6 Å². The quantitative estimate of drug-likeness (QED) is 0.0394. The minimum Gasteiger partial charge on any atom is -0.391 e. The number of rotatable bonds is 22. The SMILES string of the molecule is Cc1cc(C(=O)c2ccc(-c3cnn(CC4(C)CC5(C)CC(C)(C)CC(OCCN6CCOCC6)(C4)C5)c3C)c(C(=O)NS(=O)(=O)c3ccc(N4CC(C(=O)N[C@H](C(=O)N5C[C@H](O)C[C@H]5C(=O)N[C@H](C)c5ccc(-c6scnc6C)cc5)C(C)(C)C)C4)cc3)n2)nnc1Nc1nc2ccccc2s1. The van der Waals surface area contributed by atoms with E-state index in [0.717, 1.165) is 96.9 Å². The average Bonchev–Trinajstić information content (AvgIpc) is 1.06. The van der Waals surface area contributed by atoms with Gasteiger partial charge >= 0.3 is 0 Å². The van der Waals surface area contributed by atoms with Crippen molar-refractivity contribution in [2.75, 3.05) is 69.3 Å². The molecule has 2 saturated carbocycles. The maximum atomic E-state index is 14.9. The fourth-order valence-corrected chi connectivity index (χ4v) is 19.5. The Morgan fingerprint density at radius 2 is 1.55 bits per heavy atom. The number of hydrogen-bond donors (Lipinski definition) is 5. The summed E-state index contributed by atoms with van der Waals surface area (Å²) in [5, 5.41) is 34.3. The topological polar surface area (TPSA) is 298 Å². The van der Waals surface area contributed by atoms with E-state index in [9.17, 15) is 37.5 Å². The first-order valence-electron chi connectivity index (χ1n) is 35.3. The van der Waals surface area contributed by atoms with Crippen LogP contribution >= 0.6 is 22.7 Å². The molecule has 8 aromatic rings. The molecule has 27 heteroatoms. The smallest absolute Gasteiger partial charge is 0.284 e. The first kappa shape index (κ1) is 72.9. The number of ether oxygens (including phenoxy) is 2. The standard InChI is InChI=1S/C76H92N14O10S3/c1-45-32-59(84-85-66(45)83-71-81-57-14-12-13-15-61(57)102-71)63(92)58-25-24-55(56-34-78-90(48(56)4)43-75(11)40-74(10)38-73(8,9)39-76(41-74,42-75)100-31-28-87-26-29-99-30-27-87)62(80-58)69(95)86-103(97,98)54-22-20-52(21-23-54)88-35-51(36-88)67(93)82-65(72(5,6)7)70(96)89-37-53(91)33-60(89)68(94)79-46(2)49-16-18-50(19-17-49)64-47(3)77-44-101-64/h12-25,32,34,44,46,51,53,60,65,91H,26-31,33,35-43H2,1-11H3,(H,79,94)(H,82,93)(H,86,95)(H,81,83,85)/t46-,53-,60+,65-,74?,75?,76?/m1/s1. The van der Waals surface area contributed by atoms with Gasteiger partial charge in [-0.15, -0.1) is 21.5 Å². The van der Waals surface area contributed by atoms with Crippen LogP contribution in [0.5, 0.6) is 0 Å². The predicted octanol–water partition coefficient (Wildman–Crippen LogP) is 10.4. The van der Waals surface area contributed by atoms with E-state index in [-0.39, 0.29) is 81.3 Å². The number of carbonyl (C=O) groups is 5. The molecule has 2 aliphatic carbocycles. The number of aromatic nitrogens is 7. The Kier molecular flexibility index (Phi) is 20.2. The van der Waals surface area contributed by atoms with Crippen molar-refractivity contribution >= 4 is 89.0 Å². The van der Waals surface area contributed by atoms with Crippen molar-refractivity contribution in [2.45, 2.75) is 156 Å². The molecule has 7 atom stereocenters. The van der Waals surface area contributed by atoms with Gasteiger partial charge in [0.25, 0.3) is 15.9 Å². The lowest BCUT2D eigenvalue weighted by atomic mass is 9.48. The number of fused-ring (bicyclic) bond motifs is 3. The van der Waals surface area contributed by atoms with Crippen LogP contribution in [-0.2, 0) is 40.4 Å². The maximum Gasteiger partial charge on any atom is 0.284 e. The van der Waals surface area contributed by atoms with Crippen molar-refractivity contribution in [3.05, 3.63) is 142 Å². The molecule has 4 amide bonds. The molecule has 2 bridgehead atoms. The number of pyridine rings is 1. The van der Waals surface area contributed by atoms with Crippen LogP contribution in [0.1, 0.15) is 149 Å². The van der Waals surface area contributed by atoms with Crippen LogP contribution in [0.15, 0.2) is 108 Å². The highest BCUT2D eigenvalue weighted by Crippen LogP contribution is 2.63. The fraction of sp³-hybridized carbons (Fsp3) is 0.487. The number of benzene rings is 3. The van der Waals surface area contributed by atoms with Gasteiger partial charge in [-0.25, -0.2) is 28.1 Å². The van der Waals surface area contributed by atoms with Crippen LogP contribution in [0.3, 0.4) is 0 Å². The van der Waals surface area contributed by atoms with E-state index in [1.54, 1.807) is 54.2 Å². The number of ketones is 1. The molecule has 5 aromatic heterocycles. The summed E-state index contributed by atoms with van der Waals surface area (Å²) in [5.74, 6) is -3.16. The van der Waals surface area contributed by atoms with Crippen molar-refractivity contribution in [1.29, 1.82) is 0 Å². The number of aryl methyl sites for hydroxylation is 2. The molecular weight excluding hydrogens is 1370 g/mol. The first-order valence-corrected chi connectivity index (χ1v) is 38.5. The van der Waals surface area contributed by atoms with Gasteiger partial charge in [0.1, 0.15) is 29.2 Å². The van der Waals surface area contributed by atoms with Gasteiger partial charge in [0.05, 0.1) is 80.9 Å². The summed E-state index contributed by atoms with van der Waals surface area (Å²) in [6.45, 7) is 28.1. The third-order valence-electron chi connectivity index (χ3n) is 21.0. The van der Waals surface area contributed by atoms with Gasteiger partial charge in [-0.1, -0.05) is 96.2 Å². The van der Waals surface area contributed by atoms with Crippen LogP contribution in [0.25, 0.3) is 31.8 Å². The second-order valence-electron chi connectivity index (χ2n) is 31.6. The summed E-state index contributed by atoms with van der Waals surface area (Å²) in [7, 11) is -4.61. The highest BCUT2D eigenvalue weighted by atomic mass is 32.2. The Morgan fingerprint density at radius 1 is 0.816 bits per heavy atom. The van der Waals surface area contributed by atoms with E-state index in [1.165, 1.54) is 34.4 Å². The summed E-state index contributed by atoms with van der Waals surface area (Å²) in [6, 6.07) is 23.7. The van der Waals surface area contributed by atoms with Gasteiger partial charge < -0.3 is 40.3 Å². The van der Waals surface area contributed by atoms with E-state index in [1.807, 2.05) is 99.7 Å². The molecule has 5 aliphatic rings. The highest BCUT2D eigenvalue weighted by molar-refractivity contribution is 7.90. The summed E-state index contributed by atoms with van der Waals surface area (Å²) in [4.78, 5) is 92.2. The number of para-hydroxylation sites is 1. The molecular formula is C76H92N14O10S3. The summed E-state index contributed by atoms with van der Waals surface area (Å²) in [5.41, 5.74) is 6.29. The molecule has 0 radical (unpaired) electrons. The van der Waals surface area contributed by atoms with Gasteiger partial charge in [0.2, 0.25) is 23.5 Å². The van der Waals surface area contributed by atoms with Crippen LogP contribution in [-0.4, -0.2) is 171 Å². The molecule has 5 fully saturated rings. The molecule has 0 spiro atoms. The van der Waals surface area contributed by atoms with Crippen molar-refractivity contribution in [3.8, 4) is 21.6 Å². The number of anilines is 3. The average molecular weight is 1460 g/mol. The number of aliphatic hydroxyl groups is 1. The van der Waals surface area contributed by atoms with E-state index < -0.39 is 69.1 Å². The monoisotopic (exact) mass is 1460 g/mol. The van der Waals surface area contributed by atoms with Gasteiger partial charge in [-0.05, 0) is 153 Å². The lowest BCUT2D eigenvalue weighted by molar-refractivity contribution is -0.195. The summed E-state index contributed by atoms with van der Waals surface area (Å²) < 4.78 is 46.8. The predicted molar refractivity (Wildman–Crippen MR) is 395 cm³/mol. The Labute approximate surface area is 609 Å². The molecule has 544 valence electrons. The second-order valence-corrected chi connectivity index (χ2v) is 35.2. The minimum atomic E-state index is -4.61. The number of sulfonamides is 1. The summed E-state index contributed by atoms with van der Waals surface area (Å²) >= 11 is 3.00. The molecule has 3 saturated heterocycles. The van der Waals surface area contributed by atoms with Gasteiger partial charge in [-0.3, -0.25) is 33.6 Å². The Morgan fingerprint density at radius 3 is 2.25 bits per heavy atom. The molecule has 24 nitrogen and oxygen atoms in total. The van der Waals surface area contributed by atoms with Crippen LogP contribution in [0.4, 0.5) is 16.6 Å². The van der Waals surface area contributed by atoms with Gasteiger partial charge in [-0.2, -0.15) is 5.10 Å². The van der Waals surface area contributed by atoms with Crippen LogP contribution in [0, 0.1) is 48.3 Å². The Bertz CT molecular complexity index is 4620. The number of likely N-dealkylation sites (tertiary alicyclic amines) is 1. The molecule has 103 heavy (non-hydrogen) atoms. The Hall–Kier alpha value is -8.44. The maximum absolute atomic E-state index is 14.9. The molecule has 8 heterocycles. The zero-order valence-electron chi connectivity index (χ0n) is 60.3. The number of carbonyl (C=O) groups excluding carboxylic acids is 5. The third-order valence-corrected chi connectivity index (χ3v) is 24.3. The van der Waals surface area contributed by atoms with Crippen molar-refractivity contribution in [2.24, 2.45) is 27.6 Å². The number of amides is 4. The van der Waals surface area contributed by atoms with E-state index in [2.05, 4.69) is 78.4 Å². The molecule has 3 aliphatic heterocycles. The van der Waals surface area contributed by atoms with Crippen molar-refractivity contribution in [1.82, 2.24) is 60.1 Å². The number of thiazole rings is 2. The van der Waals surface area contributed by atoms with E-state index >= 15 is 0 Å². The highest BCUT2D eigenvalue weighted by Gasteiger charge is 2.58. The second kappa shape index (κ2) is 28.5. The normalized spacial score (nSPS) is 22.8. The van der Waals surface area contributed by atoms with Crippen molar-refractivity contribution < 1.29 is 47.0 Å². The lowest BCUT2D eigenvalue weighted by Gasteiger charge is -2.61. The minimum absolute atomic E-state index is 0.00211. The van der Waals surface area contributed by atoms with Crippen LogP contribution in [0.2, 0.25) is 0 Å².